The van der Waals surface area contributed by atoms with Crippen LogP contribution in [0.2, 0.25) is 0 Å². The molecule has 2 aromatic rings. The van der Waals surface area contributed by atoms with Crippen molar-refractivity contribution in [2.24, 2.45) is 5.92 Å². The molecule has 0 spiro atoms. The molecule has 1 amide bonds. The van der Waals surface area contributed by atoms with Gasteiger partial charge in [0.1, 0.15) is 5.75 Å². The molecule has 0 saturated heterocycles. The second-order valence-electron chi connectivity index (χ2n) is 6.27. The molecular formula is C17H22N2O2. The number of aromatic amines is 1. The molecular weight excluding hydrogens is 264 g/mol. The number of H-pyrrole nitrogens is 1. The molecule has 21 heavy (non-hydrogen) atoms. The first-order valence-electron chi connectivity index (χ1n) is 7.49. The molecule has 1 aliphatic carbocycles. The van der Waals surface area contributed by atoms with Crippen molar-refractivity contribution in [1.82, 2.24) is 10.3 Å². The lowest BCUT2D eigenvalue weighted by molar-refractivity contribution is -0.124. The molecule has 1 saturated carbocycles. The fourth-order valence-corrected chi connectivity index (χ4v) is 2.82. The number of carbonyl (C=O) groups excluding carboxylic acids is 1. The van der Waals surface area contributed by atoms with Crippen LogP contribution >= 0.6 is 0 Å². The highest BCUT2D eigenvalue weighted by Crippen LogP contribution is 2.50. The quantitative estimate of drug-likeness (QED) is 0.888. The summed E-state index contributed by atoms with van der Waals surface area (Å²) in [4.78, 5) is 15.1. The van der Waals surface area contributed by atoms with E-state index in [2.05, 4.69) is 22.6 Å². The fraction of sp³-hybridized carbons (Fsp3) is 0.471. The predicted octanol–water partition coefficient (Wildman–Crippen LogP) is 2.98. The molecule has 1 aliphatic rings. The van der Waals surface area contributed by atoms with Gasteiger partial charge in [0, 0.05) is 35.0 Å². The van der Waals surface area contributed by atoms with Crippen LogP contribution in [0.15, 0.2) is 24.4 Å². The average Bonchev–Trinajstić information content (AvgIpc) is 3.15. The smallest absolute Gasteiger partial charge is 0.222 e. The van der Waals surface area contributed by atoms with E-state index in [9.17, 15) is 4.79 Å². The largest absolute Gasteiger partial charge is 0.497 e. The van der Waals surface area contributed by atoms with Crippen molar-refractivity contribution in [3.63, 3.8) is 0 Å². The van der Waals surface area contributed by atoms with Gasteiger partial charge in [0.05, 0.1) is 7.11 Å². The summed E-state index contributed by atoms with van der Waals surface area (Å²) < 4.78 is 5.33. The highest BCUT2D eigenvalue weighted by Gasteiger charge is 2.45. The molecule has 1 aromatic heterocycles. The number of methoxy groups -OCH3 is 1. The van der Waals surface area contributed by atoms with E-state index in [1.165, 1.54) is 10.9 Å². The third-order valence-corrected chi connectivity index (χ3v) is 4.44. The van der Waals surface area contributed by atoms with Crippen LogP contribution in [0.5, 0.6) is 5.75 Å². The second kappa shape index (κ2) is 5.10. The number of ether oxygens (including phenoxy) is 1. The van der Waals surface area contributed by atoms with Crippen molar-refractivity contribution in [2.75, 3.05) is 13.7 Å². The fourth-order valence-electron chi connectivity index (χ4n) is 2.82. The molecule has 2 N–H and O–H groups in total. The molecule has 0 bridgehead atoms. The van der Waals surface area contributed by atoms with Crippen molar-refractivity contribution >= 4 is 16.8 Å². The van der Waals surface area contributed by atoms with E-state index in [-0.39, 0.29) is 17.2 Å². The van der Waals surface area contributed by atoms with Gasteiger partial charge in [0.2, 0.25) is 5.91 Å². The molecule has 0 unspecified atom stereocenters. The van der Waals surface area contributed by atoms with Crippen LogP contribution in [-0.4, -0.2) is 24.5 Å². The highest BCUT2D eigenvalue weighted by molar-refractivity contribution is 5.86. The van der Waals surface area contributed by atoms with Crippen molar-refractivity contribution in [1.29, 1.82) is 0 Å². The molecule has 1 fully saturated rings. The topological polar surface area (TPSA) is 54.1 Å². The van der Waals surface area contributed by atoms with Gasteiger partial charge in [-0.2, -0.15) is 0 Å². The lowest BCUT2D eigenvalue weighted by Crippen LogP contribution is -2.34. The Labute approximate surface area is 124 Å². The van der Waals surface area contributed by atoms with E-state index in [0.717, 1.165) is 24.1 Å². The highest BCUT2D eigenvalue weighted by atomic mass is 16.5. The van der Waals surface area contributed by atoms with Gasteiger partial charge in [-0.1, -0.05) is 13.8 Å². The maximum absolute atomic E-state index is 11.8. The van der Waals surface area contributed by atoms with Crippen LogP contribution in [0.3, 0.4) is 0 Å². The van der Waals surface area contributed by atoms with E-state index in [1.54, 1.807) is 7.11 Å². The molecule has 4 nitrogen and oxygen atoms in total. The Kier molecular flexibility index (Phi) is 3.40. The van der Waals surface area contributed by atoms with E-state index >= 15 is 0 Å². The van der Waals surface area contributed by atoms with Crippen molar-refractivity contribution in [3.8, 4) is 5.75 Å². The maximum Gasteiger partial charge on any atom is 0.222 e. The second-order valence-corrected chi connectivity index (χ2v) is 6.27. The van der Waals surface area contributed by atoms with Crippen molar-refractivity contribution < 1.29 is 9.53 Å². The van der Waals surface area contributed by atoms with Gasteiger partial charge in [-0.25, -0.2) is 0 Å². The summed E-state index contributed by atoms with van der Waals surface area (Å²) in [5.41, 5.74) is 2.50. The summed E-state index contributed by atoms with van der Waals surface area (Å²) in [6.45, 7) is 4.56. The lowest BCUT2D eigenvalue weighted by atomic mass is 9.95. The molecule has 0 aliphatic heterocycles. The van der Waals surface area contributed by atoms with Gasteiger partial charge in [0.15, 0.2) is 0 Å². The Morgan fingerprint density at radius 1 is 1.43 bits per heavy atom. The van der Waals surface area contributed by atoms with Crippen molar-refractivity contribution in [2.45, 2.75) is 32.1 Å². The van der Waals surface area contributed by atoms with E-state index in [0.29, 0.717) is 6.54 Å². The van der Waals surface area contributed by atoms with Crippen LogP contribution in [0, 0.1) is 5.92 Å². The number of rotatable bonds is 5. The molecule has 4 heteroatoms. The zero-order valence-electron chi connectivity index (χ0n) is 12.8. The molecule has 1 aromatic carbocycles. The summed E-state index contributed by atoms with van der Waals surface area (Å²) in [5, 5.41) is 4.28. The van der Waals surface area contributed by atoms with Crippen LogP contribution in [0.25, 0.3) is 10.9 Å². The van der Waals surface area contributed by atoms with Crippen LogP contribution < -0.4 is 10.1 Å². The first kappa shape index (κ1) is 14.0. The molecule has 3 rings (SSSR count). The van der Waals surface area contributed by atoms with Gasteiger partial charge in [0.25, 0.3) is 0 Å². The van der Waals surface area contributed by atoms with Gasteiger partial charge >= 0.3 is 0 Å². The van der Waals surface area contributed by atoms with Gasteiger partial charge in [-0.05, 0) is 36.6 Å². The number of nitrogens with one attached hydrogen (secondary N) is 2. The number of hydrogen-bond donors (Lipinski definition) is 2. The Hall–Kier alpha value is -1.97. The number of hydrogen-bond acceptors (Lipinski definition) is 2. The monoisotopic (exact) mass is 286 g/mol. The predicted molar refractivity (Wildman–Crippen MR) is 83.6 cm³/mol. The van der Waals surface area contributed by atoms with Gasteiger partial charge in [-0.15, -0.1) is 0 Å². The molecule has 0 atom stereocenters. The molecule has 112 valence electrons. The summed E-state index contributed by atoms with van der Waals surface area (Å²) in [6, 6.07) is 6.08. The normalized spacial score (nSPS) is 16.2. The van der Waals surface area contributed by atoms with E-state index in [1.807, 2.05) is 26.0 Å². The van der Waals surface area contributed by atoms with E-state index < -0.39 is 0 Å². The standard InChI is InChI=1S/C17H22N2O2/c1-11(2)16(20)19-10-17(6-7-17)14-9-18-15-5-4-12(21-3)8-13(14)15/h4-5,8-9,11,18H,6-7,10H2,1-3H3,(H,19,20). The minimum absolute atomic E-state index is 0.0314. The van der Waals surface area contributed by atoms with Crippen molar-refractivity contribution in [3.05, 3.63) is 30.0 Å². The Morgan fingerprint density at radius 3 is 2.81 bits per heavy atom. The third kappa shape index (κ3) is 2.50. The minimum atomic E-state index is 0.0314. The zero-order chi connectivity index (χ0) is 15.0. The van der Waals surface area contributed by atoms with Gasteiger partial charge in [-0.3, -0.25) is 4.79 Å². The number of aromatic nitrogens is 1. The minimum Gasteiger partial charge on any atom is -0.497 e. The number of benzene rings is 1. The maximum atomic E-state index is 11.8. The number of amides is 1. The Balaban J connectivity index is 1.87. The van der Waals surface area contributed by atoms with Gasteiger partial charge < -0.3 is 15.0 Å². The SMILES string of the molecule is COc1ccc2[nH]cc(C3(CNC(=O)C(C)C)CC3)c2c1. The summed E-state index contributed by atoms with van der Waals surface area (Å²) in [7, 11) is 1.68. The zero-order valence-corrected chi connectivity index (χ0v) is 12.8. The lowest BCUT2D eigenvalue weighted by Gasteiger charge is -2.17. The number of carbonyl (C=O) groups is 1. The summed E-state index contributed by atoms with van der Waals surface area (Å²) >= 11 is 0. The van der Waals surface area contributed by atoms with Crippen LogP contribution in [0.4, 0.5) is 0 Å². The Morgan fingerprint density at radius 2 is 2.19 bits per heavy atom. The first-order valence-corrected chi connectivity index (χ1v) is 7.49. The Bertz CT molecular complexity index is 668. The molecule has 1 heterocycles. The molecule has 0 radical (unpaired) electrons. The summed E-state index contributed by atoms with van der Waals surface area (Å²) in [5.74, 6) is 1.02. The third-order valence-electron chi connectivity index (χ3n) is 4.44. The summed E-state index contributed by atoms with van der Waals surface area (Å²) in [6.07, 6.45) is 4.32. The van der Waals surface area contributed by atoms with Crippen LogP contribution in [0.1, 0.15) is 32.3 Å². The first-order chi connectivity index (χ1) is 10.1. The number of fused-ring (bicyclic) bond motifs is 1. The van der Waals surface area contributed by atoms with E-state index in [4.69, 9.17) is 4.74 Å². The average molecular weight is 286 g/mol. The van der Waals surface area contributed by atoms with Crippen LogP contribution in [-0.2, 0) is 10.2 Å².